The molecular formula is C11H12O2. The summed E-state index contributed by atoms with van der Waals surface area (Å²) in [6.45, 7) is 0. The van der Waals surface area contributed by atoms with Gasteiger partial charge >= 0.3 is 0 Å². The third-order valence-electron chi connectivity index (χ3n) is 2.19. The minimum atomic E-state index is 0.267. The molecule has 0 unspecified atom stereocenters. The van der Waals surface area contributed by atoms with Crippen molar-refractivity contribution < 1.29 is 9.84 Å². The Morgan fingerprint density at radius 1 is 1.15 bits per heavy atom. The first-order chi connectivity index (χ1) is 6.34. The van der Waals surface area contributed by atoms with Gasteiger partial charge in [0.1, 0.15) is 11.5 Å². The summed E-state index contributed by atoms with van der Waals surface area (Å²) in [6.07, 6.45) is 5.43. The fraction of sp³-hybridized carbons (Fsp3) is 0.273. The zero-order valence-electron chi connectivity index (χ0n) is 7.36. The zero-order valence-corrected chi connectivity index (χ0v) is 7.36. The van der Waals surface area contributed by atoms with E-state index in [9.17, 15) is 0 Å². The van der Waals surface area contributed by atoms with E-state index in [1.807, 2.05) is 6.26 Å². The molecular weight excluding hydrogens is 164 g/mol. The summed E-state index contributed by atoms with van der Waals surface area (Å²) in [5.74, 6) is 1.04. The van der Waals surface area contributed by atoms with Crippen LogP contribution in [-0.4, -0.2) is 5.11 Å². The zero-order chi connectivity index (χ0) is 9.10. The minimum Gasteiger partial charge on any atom is -0.508 e. The van der Waals surface area contributed by atoms with Crippen LogP contribution in [0.1, 0.15) is 19.3 Å². The summed E-state index contributed by atoms with van der Waals surface area (Å²) < 4.78 is 5.39. The molecule has 1 aliphatic rings. The molecule has 0 amide bonds. The van der Waals surface area contributed by atoms with Crippen LogP contribution in [0.15, 0.2) is 36.1 Å². The molecule has 1 N–H and O–H groups in total. The monoisotopic (exact) mass is 176 g/mol. The molecule has 1 aromatic carbocycles. The van der Waals surface area contributed by atoms with Crippen molar-refractivity contribution in [3.05, 3.63) is 36.1 Å². The van der Waals surface area contributed by atoms with E-state index in [2.05, 4.69) is 0 Å². The third-order valence-corrected chi connectivity index (χ3v) is 2.19. The van der Waals surface area contributed by atoms with Gasteiger partial charge in [0.25, 0.3) is 0 Å². The van der Waals surface area contributed by atoms with Crippen LogP contribution in [0.4, 0.5) is 0 Å². The average Bonchev–Trinajstić information content (AvgIpc) is 2.05. The summed E-state index contributed by atoms with van der Waals surface area (Å²) in [4.78, 5) is 0. The van der Waals surface area contributed by atoms with Gasteiger partial charge in [-0.15, -0.1) is 0 Å². The van der Waals surface area contributed by atoms with Crippen molar-refractivity contribution in [1.29, 1.82) is 0 Å². The number of benzene rings is 1. The summed E-state index contributed by atoms with van der Waals surface area (Å²) in [5, 5.41) is 9.02. The fourth-order valence-corrected chi connectivity index (χ4v) is 1.17. The molecule has 1 saturated carbocycles. The lowest BCUT2D eigenvalue weighted by molar-refractivity contribution is 0.450. The van der Waals surface area contributed by atoms with Crippen LogP contribution in [-0.2, 0) is 0 Å². The highest BCUT2D eigenvalue weighted by Gasteiger charge is 2.07. The Morgan fingerprint density at radius 3 is 2.38 bits per heavy atom. The van der Waals surface area contributed by atoms with Gasteiger partial charge in [-0.3, -0.25) is 0 Å². The van der Waals surface area contributed by atoms with Crippen LogP contribution >= 0.6 is 0 Å². The van der Waals surface area contributed by atoms with E-state index in [-0.39, 0.29) is 5.75 Å². The fourth-order valence-electron chi connectivity index (χ4n) is 1.17. The first-order valence-corrected chi connectivity index (χ1v) is 4.48. The Morgan fingerprint density at radius 2 is 1.85 bits per heavy atom. The molecule has 0 bridgehead atoms. The van der Waals surface area contributed by atoms with Gasteiger partial charge in [-0.2, -0.15) is 0 Å². The quantitative estimate of drug-likeness (QED) is 0.702. The molecule has 0 spiro atoms. The number of aromatic hydroxyl groups is 1. The molecule has 0 radical (unpaired) electrons. The van der Waals surface area contributed by atoms with Crippen molar-refractivity contribution in [2.45, 2.75) is 19.3 Å². The van der Waals surface area contributed by atoms with E-state index in [4.69, 9.17) is 9.84 Å². The molecule has 1 aliphatic carbocycles. The average molecular weight is 176 g/mol. The van der Waals surface area contributed by atoms with E-state index >= 15 is 0 Å². The van der Waals surface area contributed by atoms with Crippen LogP contribution in [0, 0.1) is 0 Å². The van der Waals surface area contributed by atoms with Crippen molar-refractivity contribution in [1.82, 2.24) is 0 Å². The van der Waals surface area contributed by atoms with Gasteiger partial charge in [0.2, 0.25) is 0 Å². The van der Waals surface area contributed by atoms with Gasteiger partial charge in [0.15, 0.2) is 0 Å². The maximum absolute atomic E-state index is 9.02. The molecule has 0 atom stereocenters. The van der Waals surface area contributed by atoms with E-state index in [1.54, 1.807) is 24.3 Å². The van der Waals surface area contributed by atoms with Crippen LogP contribution < -0.4 is 4.74 Å². The van der Waals surface area contributed by atoms with Crippen molar-refractivity contribution in [3.63, 3.8) is 0 Å². The molecule has 0 heterocycles. The lowest BCUT2D eigenvalue weighted by Crippen LogP contribution is -1.98. The Labute approximate surface area is 77.5 Å². The SMILES string of the molecule is Oc1ccc(OC=C2CCC2)cc1. The summed E-state index contributed by atoms with van der Waals surface area (Å²) in [5.41, 5.74) is 1.37. The highest BCUT2D eigenvalue weighted by atomic mass is 16.5. The second-order valence-corrected chi connectivity index (χ2v) is 3.24. The summed E-state index contributed by atoms with van der Waals surface area (Å²) >= 11 is 0. The number of ether oxygens (including phenoxy) is 1. The Balaban J connectivity index is 1.97. The molecule has 68 valence electrons. The molecule has 0 aliphatic heterocycles. The van der Waals surface area contributed by atoms with Crippen molar-refractivity contribution in [3.8, 4) is 11.5 Å². The molecule has 13 heavy (non-hydrogen) atoms. The second kappa shape index (κ2) is 3.52. The van der Waals surface area contributed by atoms with Gasteiger partial charge in [-0.1, -0.05) is 0 Å². The van der Waals surface area contributed by atoms with Crippen molar-refractivity contribution >= 4 is 0 Å². The molecule has 2 heteroatoms. The topological polar surface area (TPSA) is 29.5 Å². The molecule has 0 aromatic heterocycles. The first-order valence-electron chi connectivity index (χ1n) is 4.48. The Hall–Kier alpha value is -1.44. The lowest BCUT2D eigenvalue weighted by Gasteiger charge is -2.15. The van der Waals surface area contributed by atoms with Crippen LogP contribution in [0.5, 0.6) is 11.5 Å². The van der Waals surface area contributed by atoms with Crippen LogP contribution in [0.3, 0.4) is 0 Å². The van der Waals surface area contributed by atoms with Gasteiger partial charge in [-0.25, -0.2) is 0 Å². The molecule has 1 aromatic rings. The smallest absolute Gasteiger partial charge is 0.126 e. The predicted molar refractivity (Wildman–Crippen MR) is 50.7 cm³/mol. The van der Waals surface area contributed by atoms with Crippen molar-refractivity contribution in [2.75, 3.05) is 0 Å². The second-order valence-electron chi connectivity index (χ2n) is 3.24. The lowest BCUT2D eigenvalue weighted by atomic mass is 9.94. The normalized spacial score (nSPS) is 14.9. The van der Waals surface area contributed by atoms with Gasteiger partial charge in [-0.05, 0) is 49.1 Å². The first kappa shape index (κ1) is 8.17. The van der Waals surface area contributed by atoms with E-state index in [0.29, 0.717) is 0 Å². The van der Waals surface area contributed by atoms with E-state index in [0.717, 1.165) is 18.6 Å². The summed E-state index contributed by atoms with van der Waals surface area (Å²) in [7, 11) is 0. The highest BCUT2D eigenvalue weighted by molar-refractivity contribution is 5.30. The number of phenols is 1. The van der Waals surface area contributed by atoms with E-state index in [1.165, 1.54) is 12.0 Å². The van der Waals surface area contributed by atoms with Crippen LogP contribution in [0.25, 0.3) is 0 Å². The van der Waals surface area contributed by atoms with Gasteiger partial charge in [0, 0.05) is 0 Å². The van der Waals surface area contributed by atoms with Gasteiger partial charge < -0.3 is 9.84 Å². The van der Waals surface area contributed by atoms with Crippen molar-refractivity contribution in [2.24, 2.45) is 0 Å². The Kier molecular flexibility index (Phi) is 2.21. The summed E-state index contributed by atoms with van der Waals surface area (Å²) in [6, 6.07) is 6.75. The maximum Gasteiger partial charge on any atom is 0.126 e. The van der Waals surface area contributed by atoms with Gasteiger partial charge in [0.05, 0.1) is 6.26 Å². The van der Waals surface area contributed by atoms with Crippen LogP contribution in [0.2, 0.25) is 0 Å². The number of allylic oxidation sites excluding steroid dienone is 1. The largest absolute Gasteiger partial charge is 0.508 e. The molecule has 1 fully saturated rings. The number of rotatable bonds is 2. The highest BCUT2D eigenvalue weighted by Crippen LogP contribution is 2.25. The number of phenolic OH excluding ortho intramolecular Hbond substituents is 1. The third kappa shape index (κ3) is 2.02. The maximum atomic E-state index is 9.02. The minimum absolute atomic E-state index is 0.267. The molecule has 0 saturated heterocycles. The molecule has 2 nitrogen and oxygen atoms in total. The van der Waals surface area contributed by atoms with E-state index < -0.39 is 0 Å². The predicted octanol–water partition coefficient (Wildman–Crippen LogP) is 2.84. The standard InChI is InChI=1S/C11H12O2/c12-10-4-6-11(7-5-10)13-8-9-2-1-3-9/h4-8,12H,1-3H2. The number of hydrogen-bond donors (Lipinski definition) is 1. The molecule has 2 rings (SSSR count). The Bertz CT molecular complexity index is 305. The number of hydrogen-bond acceptors (Lipinski definition) is 2.